The second-order valence-corrected chi connectivity index (χ2v) is 5.94. The molecule has 0 aromatic heterocycles. The lowest BCUT2D eigenvalue weighted by atomic mass is 9.86. The maximum Gasteiger partial charge on any atom is 0.318 e. The molecular weight excluding hydrogens is 274 g/mol. The number of carbonyl (C=O) groups is 3. The Kier molecular flexibility index (Phi) is 5.03. The highest BCUT2D eigenvalue weighted by Gasteiger charge is 2.30. The summed E-state index contributed by atoms with van der Waals surface area (Å²) in [6.45, 7) is 1.31. The number of hydrogen-bond donors (Lipinski definition) is 2. The Morgan fingerprint density at radius 1 is 1.24 bits per heavy atom. The fourth-order valence-corrected chi connectivity index (χ4v) is 2.97. The van der Waals surface area contributed by atoms with Gasteiger partial charge in [-0.2, -0.15) is 0 Å². The second kappa shape index (κ2) is 6.78. The number of nitrogens with zero attached hydrogens (tertiary/aromatic N) is 2. The van der Waals surface area contributed by atoms with E-state index in [-0.39, 0.29) is 30.4 Å². The molecule has 1 aliphatic heterocycles. The molecule has 118 valence electrons. The van der Waals surface area contributed by atoms with Crippen LogP contribution < -0.4 is 5.32 Å². The van der Waals surface area contributed by atoms with Crippen molar-refractivity contribution in [1.82, 2.24) is 15.1 Å². The summed E-state index contributed by atoms with van der Waals surface area (Å²) in [6.07, 6.45) is 3.52. The van der Waals surface area contributed by atoms with Crippen molar-refractivity contribution in [1.29, 1.82) is 0 Å². The van der Waals surface area contributed by atoms with E-state index in [0.29, 0.717) is 25.9 Å². The van der Waals surface area contributed by atoms with Gasteiger partial charge in [-0.05, 0) is 25.7 Å². The van der Waals surface area contributed by atoms with Crippen molar-refractivity contribution in [3.05, 3.63) is 0 Å². The normalized spacial score (nSPS) is 27.2. The molecule has 2 aliphatic rings. The highest BCUT2D eigenvalue weighted by Crippen LogP contribution is 2.24. The monoisotopic (exact) mass is 297 g/mol. The Morgan fingerprint density at radius 3 is 2.71 bits per heavy atom. The van der Waals surface area contributed by atoms with Crippen molar-refractivity contribution in [3.8, 4) is 0 Å². The lowest BCUT2D eigenvalue weighted by molar-refractivity contribution is -0.143. The van der Waals surface area contributed by atoms with E-state index in [4.69, 9.17) is 5.11 Å². The Balaban J connectivity index is 1.88. The molecule has 2 atom stereocenters. The standard InChI is InChI=1S/C14H23N3O4/c1-16-6-3-7-17(9-12(16)18)14(21)15-11-5-2-4-10(8-11)13(19)20/h10-11H,2-9H2,1H3,(H,15,21)(H,19,20). The minimum absolute atomic E-state index is 0.0605. The van der Waals surface area contributed by atoms with E-state index in [1.54, 1.807) is 11.9 Å². The first-order valence-corrected chi connectivity index (χ1v) is 7.49. The molecule has 1 saturated carbocycles. The molecule has 7 heteroatoms. The number of likely N-dealkylation sites (N-methyl/N-ethyl adjacent to an activating group) is 1. The van der Waals surface area contributed by atoms with Crippen LogP contribution in [0.4, 0.5) is 4.79 Å². The molecule has 0 bridgehead atoms. The van der Waals surface area contributed by atoms with Crippen molar-refractivity contribution >= 4 is 17.9 Å². The predicted molar refractivity (Wildman–Crippen MR) is 75.7 cm³/mol. The summed E-state index contributed by atoms with van der Waals surface area (Å²) in [5.41, 5.74) is 0. The van der Waals surface area contributed by atoms with Crippen LogP contribution in [-0.4, -0.2) is 65.5 Å². The first-order chi connectivity index (χ1) is 9.97. The SMILES string of the molecule is CN1CCCN(C(=O)NC2CCCC(C(=O)O)C2)CC1=O. The molecule has 1 saturated heterocycles. The zero-order valence-corrected chi connectivity index (χ0v) is 12.4. The minimum Gasteiger partial charge on any atom is -0.481 e. The largest absolute Gasteiger partial charge is 0.481 e. The number of amides is 3. The van der Waals surface area contributed by atoms with Crippen molar-refractivity contribution < 1.29 is 19.5 Å². The summed E-state index contributed by atoms with van der Waals surface area (Å²) >= 11 is 0. The Labute approximate surface area is 124 Å². The first kappa shape index (κ1) is 15.6. The van der Waals surface area contributed by atoms with Gasteiger partial charge >= 0.3 is 12.0 Å². The summed E-state index contributed by atoms with van der Waals surface area (Å²) in [7, 11) is 1.74. The maximum atomic E-state index is 12.2. The molecule has 21 heavy (non-hydrogen) atoms. The molecule has 2 unspecified atom stereocenters. The van der Waals surface area contributed by atoms with Gasteiger partial charge in [0.25, 0.3) is 0 Å². The van der Waals surface area contributed by atoms with Crippen LogP contribution in [-0.2, 0) is 9.59 Å². The van der Waals surface area contributed by atoms with E-state index >= 15 is 0 Å². The van der Waals surface area contributed by atoms with Gasteiger partial charge in [-0.15, -0.1) is 0 Å². The van der Waals surface area contributed by atoms with Gasteiger partial charge in [0, 0.05) is 26.2 Å². The molecule has 0 radical (unpaired) electrons. The fourth-order valence-electron chi connectivity index (χ4n) is 2.97. The lowest BCUT2D eigenvalue weighted by Gasteiger charge is -2.29. The Hall–Kier alpha value is -1.79. The van der Waals surface area contributed by atoms with Gasteiger partial charge in [0.15, 0.2) is 0 Å². The highest BCUT2D eigenvalue weighted by molar-refractivity contribution is 5.84. The van der Waals surface area contributed by atoms with Crippen molar-refractivity contribution in [2.24, 2.45) is 5.92 Å². The molecule has 0 aromatic carbocycles. The van der Waals surface area contributed by atoms with Crippen LogP contribution in [0, 0.1) is 5.92 Å². The molecule has 7 nitrogen and oxygen atoms in total. The predicted octanol–water partition coefficient (Wildman–Crippen LogP) is 0.503. The Bertz CT molecular complexity index is 426. The lowest BCUT2D eigenvalue weighted by Crippen LogP contribution is -2.48. The molecule has 0 spiro atoms. The number of carboxylic acid groups (broad SMARTS) is 1. The number of carboxylic acids is 1. The van der Waals surface area contributed by atoms with Gasteiger partial charge < -0.3 is 20.2 Å². The van der Waals surface area contributed by atoms with Gasteiger partial charge in [-0.1, -0.05) is 6.42 Å². The van der Waals surface area contributed by atoms with Crippen LogP contribution in [0.5, 0.6) is 0 Å². The number of carbonyl (C=O) groups excluding carboxylic acids is 2. The summed E-state index contributed by atoms with van der Waals surface area (Å²) in [5, 5.41) is 12.0. The highest BCUT2D eigenvalue weighted by atomic mass is 16.4. The van der Waals surface area contributed by atoms with Crippen LogP contribution in [0.2, 0.25) is 0 Å². The third-order valence-electron chi connectivity index (χ3n) is 4.31. The third kappa shape index (κ3) is 4.09. The molecular formula is C14H23N3O4. The second-order valence-electron chi connectivity index (χ2n) is 5.94. The number of rotatable bonds is 2. The molecule has 2 fully saturated rings. The molecule has 2 rings (SSSR count). The minimum atomic E-state index is -0.791. The Morgan fingerprint density at radius 2 is 2.00 bits per heavy atom. The van der Waals surface area contributed by atoms with E-state index in [2.05, 4.69) is 5.32 Å². The van der Waals surface area contributed by atoms with Crippen molar-refractivity contribution in [2.45, 2.75) is 38.1 Å². The molecule has 1 heterocycles. The van der Waals surface area contributed by atoms with Crippen molar-refractivity contribution in [2.75, 3.05) is 26.7 Å². The average Bonchev–Trinajstić information content (AvgIpc) is 2.61. The van der Waals surface area contributed by atoms with Crippen LogP contribution in [0.25, 0.3) is 0 Å². The van der Waals surface area contributed by atoms with Gasteiger partial charge in [0.05, 0.1) is 5.92 Å². The zero-order valence-electron chi connectivity index (χ0n) is 12.4. The summed E-state index contributed by atoms with van der Waals surface area (Å²) < 4.78 is 0. The maximum absolute atomic E-state index is 12.2. The number of hydrogen-bond acceptors (Lipinski definition) is 3. The topological polar surface area (TPSA) is 89.9 Å². The van der Waals surface area contributed by atoms with E-state index < -0.39 is 5.97 Å². The molecule has 2 N–H and O–H groups in total. The molecule has 3 amide bonds. The molecule has 1 aliphatic carbocycles. The van der Waals surface area contributed by atoms with E-state index in [1.165, 1.54) is 4.90 Å². The summed E-state index contributed by atoms with van der Waals surface area (Å²) in [5.74, 6) is -1.23. The number of nitrogens with one attached hydrogen (secondary N) is 1. The van der Waals surface area contributed by atoms with Crippen LogP contribution in [0.1, 0.15) is 32.1 Å². The third-order valence-corrected chi connectivity index (χ3v) is 4.31. The summed E-state index contributed by atoms with van der Waals surface area (Å²) in [4.78, 5) is 38.2. The van der Waals surface area contributed by atoms with E-state index in [9.17, 15) is 14.4 Å². The number of urea groups is 1. The van der Waals surface area contributed by atoms with E-state index in [0.717, 1.165) is 19.3 Å². The van der Waals surface area contributed by atoms with Crippen LogP contribution in [0.3, 0.4) is 0 Å². The van der Waals surface area contributed by atoms with Gasteiger partial charge in [-0.25, -0.2) is 4.79 Å². The average molecular weight is 297 g/mol. The van der Waals surface area contributed by atoms with Crippen LogP contribution in [0.15, 0.2) is 0 Å². The zero-order chi connectivity index (χ0) is 15.4. The number of aliphatic carboxylic acids is 1. The van der Waals surface area contributed by atoms with Crippen LogP contribution >= 0.6 is 0 Å². The van der Waals surface area contributed by atoms with E-state index in [1.807, 2.05) is 0 Å². The van der Waals surface area contributed by atoms with Crippen molar-refractivity contribution in [3.63, 3.8) is 0 Å². The summed E-state index contributed by atoms with van der Waals surface area (Å²) in [6, 6.07) is -0.363. The smallest absolute Gasteiger partial charge is 0.318 e. The van der Waals surface area contributed by atoms with Gasteiger partial charge in [0.2, 0.25) is 5.91 Å². The fraction of sp³-hybridized carbons (Fsp3) is 0.786. The molecule has 0 aromatic rings. The van der Waals surface area contributed by atoms with Gasteiger partial charge in [0.1, 0.15) is 6.54 Å². The van der Waals surface area contributed by atoms with Gasteiger partial charge in [-0.3, -0.25) is 9.59 Å². The first-order valence-electron chi connectivity index (χ1n) is 7.49. The quantitative estimate of drug-likeness (QED) is 0.777.